The fourth-order valence-electron chi connectivity index (χ4n) is 3.40. The van der Waals surface area contributed by atoms with E-state index in [0.717, 1.165) is 36.4 Å². The van der Waals surface area contributed by atoms with E-state index in [2.05, 4.69) is 0 Å². The summed E-state index contributed by atoms with van der Waals surface area (Å²) in [6.45, 7) is 0.719. The molecular weight excluding hydrogens is 318 g/mol. The average molecular weight is 341 g/mol. The second kappa shape index (κ2) is 7.47. The van der Waals surface area contributed by atoms with Crippen molar-refractivity contribution < 1.29 is 19.0 Å². The Morgan fingerprint density at radius 2 is 1.76 bits per heavy atom. The Kier molecular flexibility index (Phi) is 5.12. The lowest BCUT2D eigenvalue weighted by molar-refractivity contribution is 0.0731. The molecule has 0 radical (unpaired) electrons. The van der Waals surface area contributed by atoms with E-state index in [-0.39, 0.29) is 11.9 Å². The fraction of sp³-hybridized carbons (Fsp3) is 0.350. The lowest BCUT2D eigenvalue weighted by Gasteiger charge is -2.27. The van der Waals surface area contributed by atoms with Gasteiger partial charge in [-0.05, 0) is 37.1 Å². The van der Waals surface area contributed by atoms with Crippen molar-refractivity contribution in [1.29, 1.82) is 0 Å². The van der Waals surface area contributed by atoms with Crippen LogP contribution in [0.3, 0.4) is 0 Å². The molecule has 1 fully saturated rings. The standard InChI is InChI=1S/C20H23NO4/c1-23-14-10-11-15(19(13-14)25-3)17-8-6-12-21(17)20(22)16-7-4-5-9-18(16)24-2/h4-5,7,9-11,13,17H,6,8,12H2,1-3H3. The number of para-hydroxylation sites is 1. The van der Waals surface area contributed by atoms with Crippen LogP contribution in [0.1, 0.15) is 34.8 Å². The number of amides is 1. The number of ether oxygens (including phenoxy) is 3. The molecule has 3 rings (SSSR count). The minimum absolute atomic E-state index is 0.0155. The Morgan fingerprint density at radius 1 is 1.00 bits per heavy atom. The summed E-state index contributed by atoms with van der Waals surface area (Å²) in [6, 6.07) is 13.1. The highest BCUT2D eigenvalue weighted by Crippen LogP contribution is 2.40. The SMILES string of the molecule is COc1ccc(C2CCCN2C(=O)c2ccccc2OC)c(OC)c1. The summed E-state index contributed by atoms with van der Waals surface area (Å²) in [5.74, 6) is 2.06. The topological polar surface area (TPSA) is 48.0 Å². The summed E-state index contributed by atoms with van der Waals surface area (Å²) < 4.78 is 16.2. The molecule has 1 amide bonds. The molecule has 1 aliphatic rings. The highest BCUT2D eigenvalue weighted by molar-refractivity contribution is 5.97. The lowest BCUT2D eigenvalue weighted by atomic mass is 10.0. The molecule has 2 aromatic rings. The predicted molar refractivity (Wildman–Crippen MR) is 95.6 cm³/mol. The van der Waals surface area contributed by atoms with Crippen LogP contribution in [0.5, 0.6) is 17.2 Å². The Morgan fingerprint density at radius 3 is 2.48 bits per heavy atom. The van der Waals surface area contributed by atoms with Crippen LogP contribution in [0, 0.1) is 0 Å². The first kappa shape index (κ1) is 17.1. The fourth-order valence-corrected chi connectivity index (χ4v) is 3.40. The van der Waals surface area contributed by atoms with Crippen molar-refractivity contribution in [3.63, 3.8) is 0 Å². The van der Waals surface area contributed by atoms with Crippen molar-refractivity contribution in [2.45, 2.75) is 18.9 Å². The number of carbonyl (C=O) groups excluding carboxylic acids is 1. The van der Waals surface area contributed by atoms with E-state index in [4.69, 9.17) is 14.2 Å². The number of benzene rings is 2. The monoisotopic (exact) mass is 341 g/mol. The van der Waals surface area contributed by atoms with Gasteiger partial charge in [0.25, 0.3) is 5.91 Å². The summed E-state index contributed by atoms with van der Waals surface area (Å²) in [6.07, 6.45) is 1.87. The van der Waals surface area contributed by atoms with Gasteiger partial charge in [0, 0.05) is 18.2 Å². The van der Waals surface area contributed by atoms with E-state index in [1.807, 2.05) is 47.4 Å². The van der Waals surface area contributed by atoms with Crippen LogP contribution >= 0.6 is 0 Å². The van der Waals surface area contributed by atoms with Gasteiger partial charge in [0.15, 0.2) is 0 Å². The van der Waals surface area contributed by atoms with E-state index < -0.39 is 0 Å². The van der Waals surface area contributed by atoms with E-state index in [1.54, 1.807) is 21.3 Å². The third-order valence-electron chi connectivity index (χ3n) is 4.65. The third-order valence-corrected chi connectivity index (χ3v) is 4.65. The highest BCUT2D eigenvalue weighted by atomic mass is 16.5. The largest absolute Gasteiger partial charge is 0.497 e. The third kappa shape index (κ3) is 3.27. The Hall–Kier alpha value is -2.69. The van der Waals surface area contributed by atoms with E-state index >= 15 is 0 Å². The number of methoxy groups -OCH3 is 3. The number of hydrogen-bond acceptors (Lipinski definition) is 4. The van der Waals surface area contributed by atoms with Gasteiger partial charge in [0.05, 0.1) is 32.9 Å². The van der Waals surface area contributed by atoms with Gasteiger partial charge in [-0.2, -0.15) is 0 Å². The zero-order chi connectivity index (χ0) is 17.8. The molecule has 0 spiro atoms. The second-order valence-electron chi connectivity index (χ2n) is 5.96. The first-order valence-electron chi connectivity index (χ1n) is 8.35. The van der Waals surface area contributed by atoms with Crippen molar-refractivity contribution in [3.05, 3.63) is 53.6 Å². The van der Waals surface area contributed by atoms with Gasteiger partial charge < -0.3 is 19.1 Å². The zero-order valence-corrected chi connectivity index (χ0v) is 14.8. The van der Waals surface area contributed by atoms with Crippen LogP contribution in [0.4, 0.5) is 0 Å². The maximum atomic E-state index is 13.1. The molecule has 5 heteroatoms. The van der Waals surface area contributed by atoms with Gasteiger partial charge >= 0.3 is 0 Å². The quantitative estimate of drug-likeness (QED) is 0.832. The van der Waals surface area contributed by atoms with Gasteiger partial charge in [-0.1, -0.05) is 12.1 Å². The van der Waals surface area contributed by atoms with Gasteiger partial charge in [-0.25, -0.2) is 0 Å². The van der Waals surface area contributed by atoms with Crippen molar-refractivity contribution in [1.82, 2.24) is 4.90 Å². The Balaban J connectivity index is 1.94. The summed E-state index contributed by atoms with van der Waals surface area (Å²) in [4.78, 5) is 15.0. The van der Waals surface area contributed by atoms with Crippen LogP contribution in [0.25, 0.3) is 0 Å². The number of carbonyl (C=O) groups is 1. The first-order chi connectivity index (χ1) is 12.2. The lowest BCUT2D eigenvalue weighted by Crippen LogP contribution is -2.31. The predicted octanol–water partition coefficient (Wildman–Crippen LogP) is 3.69. The maximum Gasteiger partial charge on any atom is 0.258 e. The van der Waals surface area contributed by atoms with Gasteiger partial charge in [-0.15, -0.1) is 0 Å². The van der Waals surface area contributed by atoms with Crippen LogP contribution in [0.15, 0.2) is 42.5 Å². The molecule has 0 aliphatic carbocycles. The molecule has 1 atom stereocenters. The van der Waals surface area contributed by atoms with E-state index in [0.29, 0.717) is 11.3 Å². The molecule has 25 heavy (non-hydrogen) atoms. The van der Waals surface area contributed by atoms with Crippen LogP contribution in [-0.2, 0) is 0 Å². The Bertz CT molecular complexity index is 759. The number of rotatable bonds is 5. The smallest absolute Gasteiger partial charge is 0.258 e. The maximum absolute atomic E-state index is 13.1. The number of likely N-dealkylation sites (tertiary alicyclic amines) is 1. The molecule has 0 bridgehead atoms. The molecule has 5 nitrogen and oxygen atoms in total. The molecule has 1 saturated heterocycles. The van der Waals surface area contributed by atoms with Crippen LogP contribution in [-0.4, -0.2) is 38.7 Å². The summed E-state index contributed by atoms with van der Waals surface area (Å²) >= 11 is 0. The minimum Gasteiger partial charge on any atom is -0.497 e. The van der Waals surface area contributed by atoms with Gasteiger partial charge in [-0.3, -0.25) is 4.79 Å². The van der Waals surface area contributed by atoms with Crippen molar-refractivity contribution >= 4 is 5.91 Å². The summed E-state index contributed by atoms with van der Waals surface area (Å²) in [5, 5.41) is 0. The average Bonchev–Trinajstić information content (AvgIpc) is 3.16. The normalized spacial score (nSPS) is 16.6. The summed E-state index contributed by atoms with van der Waals surface area (Å²) in [7, 11) is 4.85. The highest BCUT2D eigenvalue weighted by Gasteiger charge is 2.33. The van der Waals surface area contributed by atoms with Crippen molar-refractivity contribution in [2.24, 2.45) is 0 Å². The number of hydrogen-bond donors (Lipinski definition) is 0. The second-order valence-corrected chi connectivity index (χ2v) is 5.96. The minimum atomic E-state index is -0.0159. The van der Waals surface area contributed by atoms with Gasteiger partial charge in [0.1, 0.15) is 17.2 Å². The molecule has 2 aromatic carbocycles. The molecular formula is C20H23NO4. The van der Waals surface area contributed by atoms with E-state index in [9.17, 15) is 4.79 Å². The number of nitrogens with zero attached hydrogens (tertiary/aromatic N) is 1. The van der Waals surface area contributed by atoms with Crippen LogP contribution < -0.4 is 14.2 Å². The molecule has 0 saturated carbocycles. The first-order valence-corrected chi connectivity index (χ1v) is 8.35. The molecule has 1 heterocycles. The van der Waals surface area contributed by atoms with E-state index in [1.165, 1.54) is 0 Å². The van der Waals surface area contributed by atoms with Crippen molar-refractivity contribution in [3.8, 4) is 17.2 Å². The molecule has 0 N–H and O–H groups in total. The summed E-state index contributed by atoms with van der Waals surface area (Å²) in [5.41, 5.74) is 1.59. The molecule has 132 valence electrons. The van der Waals surface area contributed by atoms with Crippen LogP contribution in [0.2, 0.25) is 0 Å². The van der Waals surface area contributed by atoms with Crippen molar-refractivity contribution in [2.75, 3.05) is 27.9 Å². The van der Waals surface area contributed by atoms with Gasteiger partial charge in [0.2, 0.25) is 0 Å². The molecule has 0 aromatic heterocycles. The molecule has 1 unspecified atom stereocenters. The molecule has 1 aliphatic heterocycles. The zero-order valence-electron chi connectivity index (χ0n) is 14.8. The Labute approximate surface area is 148 Å².